The number of hydrogen-bond donors (Lipinski definition) is 3. The SMILES string of the molecule is CC(=O)[C@]1(O)[C@@](O)(C(C)=O)CS[C@H](Oc2cnc(-c3ccc(F)nc3)c(F)c2)[C@@]1(O)C(C)=O. The quantitative estimate of drug-likeness (QED) is 0.506. The summed E-state index contributed by atoms with van der Waals surface area (Å²) in [6.45, 7) is 2.56. The number of aliphatic hydroxyl groups is 3. The minimum atomic E-state index is -3.24. The molecular formula is C21H20F2N2O7S. The van der Waals surface area contributed by atoms with Crippen LogP contribution in [0.2, 0.25) is 0 Å². The van der Waals surface area contributed by atoms with E-state index in [4.69, 9.17) is 4.74 Å². The first-order valence-electron chi connectivity index (χ1n) is 9.55. The molecule has 4 atom stereocenters. The van der Waals surface area contributed by atoms with Gasteiger partial charge in [0.2, 0.25) is 11.5 Å². The Bertz CT molecular complexity index is 1130. The molecule has 0 radical (unpaired) electrons. The summed E-state index contributed by atoms with van der Waals surface area (Å²) < 4.78 is 33.2. The van der Waals surface area contributed by atoms with Gasteiger partial charge in [-0.2, -0.15) is 4.39 Å². The molecule has 3 heterocycles. The molecule has 0 spiro atoms. The average molecular weight is 482 g/mol. The Morgan fingerprint density at radius 1 is 1.03 bits per heavy atom. The lowest BCUT2D eigenvalue weighted by atomic mass is 9.65. The van der Waals surface area contributed by atoms with Gasteiger partial charge in [0.15, 0.2) is 39.8 Å². The molecule has 0 bridgehead atoms. The molecule has 176 valence electrons. The summed E-state index contributed by atoms with van der Waals surface area (Å²) in [7, 11) is 0. The fraction of sp³-hybridized carbons (Fsp3) is 0.381. The number of aromatic nitrogens is 2. The maximum Gasteiger partial charge on any atom is 0.212 e. The Morgan fingerprint density at radius 3 is 2.18 bits per heavy atom. The number of pyridine rings is 2. The average Bonchev–Trinajstić information content (AvgIpc) is 2.74. The zero-order valence-corrected chi connectivity index (χ0v) is 18.5. The molecule has 12 heteroatoms. The molecule has 1 saturated heterocycles. The van der Waals surface area contributed by atoms with Gasteiger partial charge in [0.05, 0.1) is 6.20 Å². The first-order chi connectivity index (χ1) is 15.3. The van der Waals surface area contributed by atoms with Gasteiger partial charge in [-0.1, -0.05) is 0 Å². The lowest BCUT2D eigenvalue weighted by molar-refractivity contribution is -0.236. The van der Waals surface area contributed by atoms with E-state index in [2.05, 4.69) is 9.97 Å². The highest BCUT2D eigenvalue weighted by atomic mass is 32.2. The molecule has 3 N–H and O–H groups in total. The van der Waals surface area contributed by atoms with Gasteiger partial charge < -0.3 is 20.1 Å². The topological polar surface area (TPSA) is 147 Å². The first-order valence-corrected chi connectivity index (χ1v) is 10.6. The van der Waals surface area contributed by atoms with Gasteiger partial charge >= 0.3 is 0 Å². The van der Waals surface area contributed by atoms with Crippen LogP contribution in [-0.2, 0) is 14.4 Å². The molecule has 1 aliphatic heterocycles. The third-order valence-electron chi connectivity index (χ3n) is 5.62. The number of halogens is 2. The van der Waals surface area contributed by atoms with E-state index in [0.29, 0.717) is 11.8 Å². The maximum atomic E-state index is 14.7. The molecule has 0 unspecified atom stereocenters. The molecule has 3 rings (SSSR count). The smallest absolute Gasteiger partial charge is 0.212 e. The number of rotatable bonds is 6. The number of Topliss-reactive ketones (excluding diaryl/α,β-unsaturated/α-hetero) is 3. The number of carbonyl (C=O) groups is 3. The van der Waals surface area contributed by atoms with E-state index in [9.17, 15) is 38.5 Å². The Labute approximate surface area is 190 Å². The van der Waals surface area contributed by atoms with Crippen LogP contribution in [0.25, 0.3) is 11.3 Å². The van der Waals surface area contributed by atoms with E-state index in [0.717, 1.165) is 45.3 Å². The number of ketones is 3. The van der Waals surface area contributed by atoms with Gasteiger partial charge in [-0.25, -0.2) is 14.4 Å². The second-order valence-corrected chi connectivity index (χ2v) is 8.69. The summed E-state index contributed by atoms with van der Waals surface area (Å²) in [6, 6.07) is 3.14. The summed E-state index contributed by atoms with van der Waals surface area (Å²) in [4.78, 5) is 44.3. The van der Waals surface area contributed by atoms with Gasteiger partial charge in [-0.05, 0) is 32.9 Å². The third-order valence-corrected chi connectivity index (χ3v) is 6.95. The number of thioether (sulfide) groups is 1. The van der Waals surface area contributed by atoms with E-state index < -0.39 is 57.1 Å². The van der Waals surface area contributed by atoms with Crippen molar-refractivity contribution in [3.05, 3.63) is 42.4 Å². The number of carbonyl (C=O) groups excluding carboxylic acids is 3. The molecule has 1 aliphatic rings. The lowest BCUT2D eigenvalue weighted by Crippen LogP contribution is -2.82. The number of nitrogens with zero attached hydrogens (tertiary/aromatic N) is 2. The van der Waals surface area contributed by atoms with Crippen molar-refractivity contribution < 1.29 is 43.2 Å². The van der Waals surface area contributed by atoms with Crippen LogP contribution in [0.4, 0.5) is 8.78 Å². The van der Waals surface area contributed by atoms with E-state index in [1.807, 2.05) is 0 Å². The van der Waals surface area contributed by atoms with E-state index in [1.54, 1.807) is 0 Å². The highest BCUT2D eigenvalue weighted by Gasteiger charge is 2.75. The minimum absolute atomic E-state index is 0.171. The highest BCUT2D eigenvalue weighted by molar-refractivity contribution is 8.00. The van der Waals surface area contributed by atoms with Crippen LogP contribution in [0.5, 0.6) is 5.75 Å². The molecule has 0 saturated carbocycles. The molecular weight excluding hydrogens is 462 g/mol. The van der Waals surface area contributed by atoms with Crippen LogP contribution in [0.3, 0.4) is 0 Å². The molecule has 2 aromatic heterocycles. The van der Waals surface area contributed by atoms with Crippen molar-refractivity contribution in [3.63, 3.8) is 0 Å². The van der Waals surface area contributed by atoms with E-state index in [1.165, 1.54) is 6.07 Å². The van der Waals surface area contributed by atoms with Crippen LogP contribution >= 0.6 is 11.8 Å². The van der Waals surface area contributed by atoms with Crippen LogP contribution < -0.4 is 4.74 Å². The summed E-state index contributed by atoms with van der Waals surface area (Å²) in [5.74, 6) is -6.02. The van der Waals surface area contributed by atoms with Crippen LogP contribution in [0.15, 0.2) is 30.6 Å². The predicted octanol–water partition coefficient (Wildman–Crippen LogP) is 0.834. The number of hydrogen-bond acceptors (Lipinski definition) is 10. The van der Waals surface area contributed by atoms with Crippen molar-refractivity contribution in [1.82, 2.24) is 9.97 Å². The van der Waals surface area contributed by atoms with Gasteiger partial charge in [0.1, 0.15) is 11.4 Å². The second kappa shape index (κ2) is 8.52. The van der Waals surface area contributed by atoms with Crippen molar-refractivity contribution in [1.29, 1.82) is 0 Å². The van der Waals surface area contributed by atoms with Crippen LogP contribution in [-0.4, -0.2) is 70.6 Å². The van der Waals surface area contributed by atoms with Crippen molar-refractivity contribution in [3.8, 4) is 17.0 Å². The summed E-state index contributed by atoms with van der Waals surface area (Å²) in [6.07, 6.45) is 2.11. The monoisotopic (exact) mass is 482 g/mol. The second-order valence-electron chi connectivity index (χ2n) is 7.64. The standard InChI is InChI=1S/C21H20F2N2O7S/c1-10(26)19(29)9-33-18(20(30,11(2)27)21(19,31)12(3)28)32-14-6-15(22)17(25-8-14)13-4-5-16(23)24-7-13/h4-8,18,29-31H,9H2,1-3H3/t18-,19-,20-,21-/m0/s1. The summed E-state index contributed by atoms with van der Waals surface area (Å²) in [5.41, 5.74) is -10.8. The van der Waals surface area contributed by atoms with Crippen molar-refractivity contribution >= 4 is 29.1 Å². The van der Waals surface area contributed by atoms with E-state index >= 15 is 0 Å². The minimum Gasteiger partial charge on any atom is -0.474 e. The highest BCUT2D eigenvalue weighted by Crippen LogP contribution is 2.49. The van der Waals surface area contributed by atoms with Gasteiger partial charge in [-0.15, -0.1) is 11.8 Å². The van der Waals surface area contributed by atoms with Gasteiger partial charge in [0.25, 0.3) is 0 Å². The largest absolute Gasteiger partial charge is 0.474 e. The van der Waals surface area contributed by atoms with E-state index in [-0.39, 0.29) is 17.0 Å². The van der Waals surface area contributed by atoms with Gasteiger partial charge in [-0.3, -0.25) is 14.4 Å². The van der Waals surface area contributed by atoms with Crippen LogP contribution in [0.1, 0.15) is 20.8 Å². The molecule has 33 heavy (non-hydrogen) atoms. The van der Waals surface area contributed by atoms with Gasteiger partial charge in [0, 0.05) is 23.6 Å². The zero-order valence-electron chi connectivity index (χ0n) is 17.7. The first kappa shape index (κ1) is 24.8. The normalized spacial score (nSPS) is 29.4. The third kappa shape index (κ3) is 3.72. The number of ether oxygens (including phenoxy) is 1. The van der Waals surface area contributed by atoms with Crippen molar-refractivity contribution in [2.24, 2.45) is 0 Å². The predicted molar refractivity (Wildman–Crippen MR) is 111 cm³/mol. The Balaban J connectivity index is 2.02. The van der Waals surface area contributed by atoms with Crippen LogP contribution in [0, 0.1) is 11.8 Å². The van der Waals surface area contributed by atoms with Crippen molar-refractivity contribution in [2.75, 3.05) is 5.75 Å². The Morgan fingerprint density at radius 2 is 1.70 bits per heavy atom. The zero-order chi connectivity index (χ0) is 24.8. The fourth-order valence-electron chi connectivity index (χ4n) is 3.70. The Hall–Kier alpha value is -2.80. The summed E-state index contributed by atoms with van der Waals surface area (Å²) >= 11 is 0.578. The Kier molecular flexibility index (Phi) is 6.41. The lowest BCUT2D eigenvalue weighted by Gasteiger charge is -2.54. The maximum absolute atomic E-state index is 14.7. The fourth-order valence-corrected chi connectivity index (χ4v) is 5.26. The molecule has 2 aromatic rings. The molecule has 9 nitrogen and oxygen atoms in total. The molecule has 0 amide bonds. The molecule has 0 aliphatic carbocycles. The summed E-state index contributed by atoms with van der Waals surface area (Å²) in [5, 5.41) is 33.2. The molecule has 1 fully saturated rings. The molecule has 0 aromatic carbocycles. The van der Waals surface area contributed by atoms with Crippen molar-refractivity contribution in [2.45, 2.75) is 43.0 Å².